The van der Waals surface area contributed by atoms with Gasteiger partial charge in [-0.3, -0.25) is 14.4 Å². The van der Waals surface area contributed by atoms with Crippen molar-refractivity contribution in [1.29, 1.82) is 0 Å². The third-order valence-electron chi connectivity index (χ3n) is 7.13. The highest BCUT2D eigenvalue weighted by Gasteiger charge is 2.31. The van der Waals surface area contributed by atoms with Gasteiger partial charge in [0.05, 0.1) is 5.69 Å². The Morgan fingerprint density at radius 2 is 1.50 bits per heavy atom. The van der Waals surface area contributed by atoms with Gasteiger partial charge in [0.15, 0.2) is 0 Å². The Bertz CT molecular complexity index is 1450. The molecule has 0 fully saturated rings. The summed E-state index contributed by atoms with van der Waals surface area (Å²) < 4.78 is 0. The van der Waals surface area contributed by atoms with Crippen LogP contribution in [0.5, 0.6) is 0 Å². The normalized spacial score (nSPS) is 13.0. The molecule has 3 amide bonds. The fourth-order valence-corrected chi connectivity index (χ4v) is 5.23. The lowest BCUT2D eigenvalue weighted by Gasteiger charge is -2.31. The fourth-order valence-electron chi connectivity index (χ4n) is 5.23. The summed E-state index contributed by atoms with van der Waals surface area (Å²) in [6.07, 6.45) is 1.14. The molecule has 0 radical (unpaired) electrons. The van der Waals surface area contributed by atoms with Crippen LogP contribution in [0, 0.1) is 0 Å². The number of hydrogen-bond donors (Lipinski definition) is 1. The van der Waals surface area contributed by atoms with E-state index in [-0.39, 0.29) is 24.1 Å². The molecular formula is C32H31N3O3. The summed E-state index contributed by atoms with van der Waals surface area (Å²) >= 11 is 0. The highest BCUT2D eigenvalue weighted by molar-refractivity contribution is 6.25. The van der Waals surface area contributed by atoms with Crippen LogP contribution in [0.3, 0.4) is 0 Å². The van der Waals surface area contributed by atoms with E-state index in [2.05, 4.69) is 5.32 Å². The van der Waals surface area contributed by atoms with Crippen molar-refractivity contribution in [2.75, 3.05) is 18.5 Å². The summed E-state index contributed by atoms with van der Waals surface area (Å²) in [6, 6.07) is 30.5. The molecule has 192 valence electrons. The number of rotatable bonds is 10. The second-order valence-electron chi connectivity index (χ2n) is 9.57. The van der Waals surface area contributed by atoms with E-state index in [1.165, 1.54) is 0 Å². The standard InChI is InChI=1S/C32H31N3O3/c1-33-31(37)28(21-23-11-4-2-5-12-23)35(22-24-13-6-3-7-14-24)29(36)19-10-20-34-27-18-9-16-25-15-8-17-26(30(25)27)32(34)38/h2-9,11-18,28H,10,19-22H2,1H3,(H,33,37)/t28-/m0/s1. The topological polar surface area (TPSA) is 69.7 Å². The smallest absolute Gasteiger partial charge is 0.258 e. The van der Waals surface area contributed by atoms with Gasteiger partial charge >= 0.3 is 0 Å². The van der Waals surface area contributed by atoms with Crippen LogP contribution in [0.25, 0.3) is 10.8 Å². The first-order chi connectivity index (χ1) is 18.6. The molecule has 0 bridgehead atoms. The van der Waals surface area contributed by atoms with E-state index in [0.717, 1.165) is 27.6 Å². The summed E-state index contributed by atoms with van der Waals surface area (Å²) in [6.45, 7) is 0.763. The van der Waals surface area contributed by atoms with Crippen molar-refractivity contribution in [3.63, 3.8) is 0 Å². The average molecular weight is 506 g/mol. The second kappa shape index (κ2) is 11.3. The molecule has 0 aliphatic carbocycles. The van der Waals surface area contributed by atoms with Crippen molar-refractivity contribution < 1.29 is 14.4 Å². The molecule has 4 aromatic rings. The minimum Gasteiger partial charge on any atom is -0.357 e. The number of carbonyl (C=O) groups is 3. The molecule has 0 aromatic heterocycles. The fraction of sp³-hybridized carbons (Fsp3) is 0.219. The summed E-state index contributed by atoms with van der Waals surface area (Å²) in [5.41, 5.74) is 3.54. The van der Waals surface area contributed by atoms with Gasteiger partial charge < -0.3 is 15.1 Å². The van der Waals surface area contributed by atoms with E-state index in [0.29, 0.717) is 31.5 Å². The van der Waals surface area contributed by atoms with Gasteiger partial charge in [-0.05, 0) is 35.1 Å². The zero-order valence-corrected chi connectivity index (χ0v) is 21.5. The van der Waals surface area contributed by atoms with Crippen LogP contribution in [0.1, 0.15) is 34.3 Å². The van der Waals surface area contributed by atoms with Gasteiger partial charge in [0, 0.05) is 43.9 Å². The summed E-state index contributed by atoms with van der Waals surface area (Å²) in [5, 5.41) is 4.76. The molecule has 38 heavy (non-hydrogen) atoms. The van der Waals surface area contributed by atoms with E-state index >= 15 is 0 Å². The monoisotopic (exact) mass is 505 g/mol. The summed E-state index contributed by atoms with van der Waals surface area (Å²) in [7, 11) is 1.60. The summed E-state index contributed by atoms with van der Waals surface area (Å²) in [4.78, 5) is 43.4. The minimum absolute atomic E-state index is 0.0299. The number of carbonyl (C=O) groups excluding carboxylic acids is 3. The molecule has 0 saturated carbocycles. The molecule has 4 aromatic carbocycles. The van der Waals surface area contributed by atoms with E-state index in [4.69, 9.17) is 0 Å². The Kier molecular flexibility index (Phi) is 7.50. The maximum atomic E-state index is 13.7. The molecule has 1 heterocycles. The van der Waals surface area contributed by atoms with Gasteiger partial charge in [0.25, 0.3) is 5.91 Å². The van der Waals surface area contributed by atoms with E-state index < -0.39 is 6.04 Å². The van der Waals surface area contributed by atoms with Crippen LogP contribution in [-0.4, -0.2) is 42.3 Å². The zero-order chi connectivity index (χ0) is 26.5. The molecule has 0 saturated heterocycles. The van der Waals surface area contributed by atoms with Crippen LogP contribution < -0.4 is 10.2 Å². The van der Waals surface area contributed by atoms with E-state index in [1.807, 2.05) is 97.1 Å². The molecular weight excluding hydrogens is 474 g/mol. The molecule has 0 spiro atoms. The van der Waals surface area contributed by atoms with Crippen molar-refractivity contribution in [3.8, 4) is 0 Å². The second-order valence-corrected chi connectivity index (χ2v) is 9.57. The average Bonchev–Trinajstić information content (AvgIpc) is 3.23. The van der Waals surface area contributed by atoms with Crippen LogP contribution >= 0.6 is 0 Å². The highest BCUT2D eigenvalue weighted by Crippen LogP contribution is 2.37. The lowest BCUT2D eigenvalue weighted by Crippen LogP contribution is -2.49. The SMILES string of the molecule is CNC(=O)[C@H](Cc1ccccc1)N(Cc1ccccc1)C(=O)CCCN1C(=O)c2cccc3cccc1c23. The Morgan fingerprint density at radius 3 is 2.18 bits per heavy atom. The van der Waals surface area contributed by atoms with Crippen LogP contribution in [0.15, 0.2) is 97.1 Å². The molecule has 1 N–H and O–H groups in total. The van der Waals surface area contributed by atoms with Crippen LogP contribution in [-0.2, 0) is 22.6 Å². The number of hydrogen-bond acceptors (Lipinski definition) is 3. The first kappa shape index (κ1) is 25.2. The molecule has 1 atom stereocenters. The molecule has 5 rings (SSSR count). The highest BCUT2D eigenvalue weighted by atomic mass is 16.2. The third-order valence-corrected chi connectivity index (χ3v) is 7.13. The number of anilines is 1. The maximum Gasteiger partial charge on any atom is 0.258 e. The Morgan fingerprint density at radius 1 is 0.842 bits per heavy atom. The molecule has 1 aliphatic heterocycles. The lowest BCUT2D eigenvalue weighted by molar-refractivity contribution is -0.141. The first-order valence-electron chi connectivity index (χ1n) is 13.0. The van der Waals surface area contributed by atoms with Gasteiger partial charge in [-0.1, -0.05) is 84.9 Å². The minimum atomic E-state index is -0.651. The van der Waals surface area contributed by atoms with Crippen molar-refractivity contribution in [1.82, 2.24) is 10.2 Å². The van der Waals surface area contributed by atoms with Gasteiger partial charge in [-0.2, -0.15) is 0 Å². The lowest BCUT2D eigenvalue weighted by atomic mass is 10.0. The Balaban J connectivity index is 1.34. The third kappa shape index (κ3) is 5.16. The summed E-state index contributed by atoms with van der Waals surface area (Å²) in [5.74, 6) is -0.339. The van der Waals surface area contributed by atoms with Crippen molar-refractivity contribution in [2.24, 2.45) is 0 Å². The maximum absolute atomic E-state index is 13.7. The zero-order valence-electron chi connectivity index (χ0n) is 21.5. The quantitative estimate of drug-likeness (QED) is 0.331. The van der Waals surface area contributed by atoms with Gasteiger partial charge in [0.2, 0.25) is 11.8 Å². The predicted octanol–water partition coefficient (Wildman–Crippen LogP) is 4.97. The van der Waals surface area contributed by atoms with Crippen LogP contribution in [0.4, 0.5) is 5.69 Å². The predicted molar refractivity (Wildman–Crippen MR) is 150 cm³/mol. The molecule has 0 unspecified atom stereocenters. The van der Waals surface area contributed by atoms with Gasteiger partial charge in [0.1, 0.15) is 6.04 Å². The van der Waals surface area contributed by atoms with Crippen LogP contribution in [0.2, 0.25) is 0 Å². The van der Waals surface area contributed by atoms with Crippen molar-refractivity contribution >= 4 is 34.2 Å². The number of nitrogens with zero attached hydrogens (tertiary/aromatic N) is 2. The largest absolute Gasteiger partial charge is 0.357 e. The number of nitrogens with one attached hydrogen (secondary N) is 1. The van der Waals surface area contributed by atoms with Gasteiger partial charge in [-0.15, -0.1) is 0 Å². The van der Waals surface area contributed by atoms with Crippen molar-refractivity contribution in [3.05, 3.63) is 114 Å². The van der Waals surface area contributed by atoms with Gasteiger partial charge in [-0.25, -0.2) is 0 Å². The molecule has 6 heteroatoms. The number of likely N-dealkylation sites (N-methyl/N-ethyl adjacent to an activating group) is 1. The number of amides is 3. The van der Waals surface area contributed by atoms with E-state index in [9.17, 15) is 14.4 Å². The van der Waals surface area contributed by atoms with Crippen molar-refractivity contribution in [2.45, 2.75) is 31.8 Å². The number of benzene rings is 4. The van der Waals surface area contributed by atoms with E-state index in [1.54, 1.807) is 16.8 Å². The molecule has 6 nitrogen and oxygen atoms in total. The first-order valence-corrected chi connectivity index (χ1v) is 13.0. The molecule has 1 aliphatic rings. The Labute approximate surface area is 222 Å². The Hall–Kier alpha value is -4.45.